The van der Waals surface area contributed by atoms with Crippen LogP contribution in [0.25, 0.3) is 10.7 Å². The van der Waals surface area contributed by atoms with Crippen molar-refractivity contribution in [2.75, 3.05) is 11.9 Å². The highest BCUT2D eigenvalue weighted by Crippen LogP contribution is 2.32. The minimum atomic E-state index is -3.87. The van der Waals surface area contributed by atoms with Crippen molar-refractivity contribution in [3.63, 3.8) is 0 Å². The van der Waals surface area contributed by atoms with E-state index in [1.807, 2.05) is 39.0 Å². The molecule has 10 heteroatoms. The second-order valence-electron chi connectivity index (χ2n) is 6.59. The number of amides is 1. The summed E-state index contributed by atoms with van der Waals surface area (Å²) in [6, 6.07) is 7.17. The lowest BCUT2D eigenvalue weighted by molar-refractivity contribution is -0.115. The Bertz CT molecular complexity index is 1150. The smallest absolute Gasteiger partial charge is 0.242 e. The molecule has 0 aliphatic carbocycles. The molecule has 8 nitrogen and oxygen atoms in total. The molecule has 29 heavy (non-hydrogen) atoms. The molecule has 0 atom stereocenters. The first kappa shape index (κ1) is 21.2. The van der Waals surface area contributed by atoms with E-state index in [4.69, 9.17) is 4.52 Å². The van der Waals surface area contributed by atoms with Crippen LogP contribution in [-0.4, -0.2) is 31.0 Å². The lowest BCUT2D eigenvalue weighted by atomic mass is 10.1. The Morgan fingerprint density at radius 2 is 1.97 bits per heavy atom. The molecule has 2 aromatic heterocycles. The minimum Gasteiger partial charge on any atom is -0.339 e. The number of thiophene rings is 1. The van der Waals surface area contributed by atoms with Crippen LogP contribution >= 0.6 is 11.3 Å². The highest BCUT2D eigenvalue weighted by atomic mass is 32.2. The topological polar surface area (TPSA) is 114 Å². The lowest BCUT2D eigenvalue weighted by Gasteiger charge is -2.10. The number of hydrogen-bond acceptors (Lipinski definition) is 7. The molecule has 0 aliphatic heterocycles. The number of aromatic nitrogens is 2. The van der Waals surface area contributed by atoms with Crippen molar-refractivity contribution in [2.24, 2.45) is 0 Å². The van der Waals surface area contributed by atoms with E-state index in [-0.39, 0.29) is 11.4 Å². The number of carbonyl (C=O) groups is 1. The van der Waals surface area contributed by atoms with Gasteiger partial charge in [0.1, 0.15) is 0 Å². The number of rotatable bonds is 7. The van der Waals surface area contributed by atoms with Crippen LogP contribution in [-0.2, 0) is 21.2 Å². The standard InChI is InChI=1S/C19H22N4O4S2/c1-5-18-22-19(23-27-18)15-9-16(13(4)28-15)29(25,26)20-10-17(24)21-14-8-11(2)6-7-12(14)3/h6-9,20H,5,10H2,1-4H3,(H,21,24). The molecule has 0 bridgehead atoms. The third kappa shape index (κ3) is 4.89. The zero-order valence-corrected chi connectivity index (χ0v) is 18.2. The zero-order valence-electron chi connectivity index (χ0n) is 16.6. The average molecular weight is 435 g/mol. The van der Waals surface area contributed by atoms with Crippen LogP contribution in [0.2, 0.25) is 0 Å². The van der Waals surface area contributed by atoms with Gasteiger partial charge < -0.3 is 9.84 Å². The van der Waals surface area contributed by atoms with Crippen molar-refractivity contribution in [1.82, 2.24) is 14.9 Å². The first-order chi connectivity index (χ1) is 13.7. The van der Waals surface area contributed by atoms with E-state index in [0.717, 1.165) is 11.1 Å². The number of nitrogens with zero attached hydrogens (tertiary/aromatic N) is 2. The quantitative estimate of drug-likeness (QED) is 0.590. The monoisotopic (exact) mass is 434 g/mol. The van der Waals surface area contributed by atoms with E-state index in [1.165, 1.54) is 17.4 Å². The van der Waals surface area contributed by atoms with Crippen molar-refractivity contribution in [2.45, 2.75) is 39.0 Å². The Kier molecular flexibility index (Phi) is 6.15. The first-order valence-electron chi connectivity index (χ1n) is 8.99. The molecule has 3 aromatic rings. The molecule has 0 aliphatic rings. The van der Waals surface area contributed by atoms with Gasteiger partial charge in [-0.15, -0.1) is 11.3 Å². The van der Waals surface area contributed by atoms with Gasteiger partial charge in [0.25, 0.3) is 0 Å². The van der Waals surface area contributed by atoms with Crippen LogP contribution in [0.15, 0.2) is 33.7 Å². The van der Waals surface area contributed by atoms with Gasteiger partial charge in [-0.05, 0) is 44.0 Å². The number of sulfonamides is 1. The Morgan fingerprint density at radius 1 is 1.21 bits per heavy atom. The summed E-state index contributed by atoms with van der Waals surface area (Å²) in [5, 5.41) is 6.61. The van der Waals surface area contributed by atoms with E-state index in [0.29, 0.717) is 33.6 Å². The molecule has 0 radical (unpaired) electrons. The largest absolute Gasteiger partial charge is 0.339 e. The second kappa shape index (κ2) is 8.44. The lowest BCUT2D eigenvalue weighted by Crippen LogP contribution is -2.33. The summed E-state index contributed by atoms with van der Waals surface area (Å²) in [7, 11) is -3.87. The van der Waals surface area contributed by atoms with Crippen LogP contribution in [0.3, 0.4) is 0 Å². The van der Waals surface area contributed by atoms with Crippen LogP contribution in [0.5, 0.6) is 0 Å². The number of nitrogens with one attached hydrogen (secondary N) is 2. The maximum Gasteiger partial charge on any atom is 0.242 e. The van der Waals surface area contributed by atoms with Gasteiger partial charge in [-0.25, -0.2) is 13.1 Å². The SMILES string of the molecule is CCc1nc(-c2cc(S(=O)(=O)NCC(=O)Nc3cc(C)ccc3C)c(C)s2)no1. The van der Waals surface area contributed by atoms with E-state index in [2.05, 4.69) is 20.2 Å². The molecule has 2 N–H and O–H groups in total. The van der Waals surface area contributed by atoms with Gasteiger partial charge in [0.05, 0.1) is 16.3 Å². The fourth-order valence-corrected chi connectivity index (χ4v) is 5.14. The number of carbonyl (C=O) groups excluding carboxylic acids is 1. The Balaban J connectivity index is 1.71. The number of aryl methyl sites for hydroxylation is 4. The van der Waals surface area contributed by atoms with E-state index in [1.54, 1.807) is 6.92 Å². The van der Waals surface area contributed by atoms with Crippen molar-refractivity contribution in [3.8, 4) is 10.7 Å². The van der Waals surface area contributed by atoms with Gasteiger partial charge in [0.2, 0.25) is 27.6 Å². The fourth-order valence-electron chi connectivity index (χ4n) is 2.64. The van der Waals surface area contributed by atoms with Crippen LogP contribution in [0, 0.1) is 20.8 Å². The molecule has 3 rings (SSSR count). The predicted octanol–water partition coefficient (Wildman–Crippen LogP) is 3.20. The zero-order chi connectivity index (χ0) is 21.2. The van der Waals surface area contributed by atoms with Crippen molar-refractivity contribution in [3.05, 3.63) is 46.2 Å². The normalized spacial score (nSPS) is 11.6. The van der Waals surface area contributed by atoms with E-state index in [9.17, 15) is 13.2 Å². The third-order valence-electron chi connectivity index (χ3n) is 4.24. The summed E-state index contributed by atoms with van der Waals surface area (Å²) >= 11 is 1.25. The molecular weight excluding hydrogens is 412 g/mol. The van der Waals surface area contributed by atoms with Crippen molar-refractivity contribution in [1.29, 1.82) is 0 Å². The molecular formula is C19H22N4O4S2. The molecule has 0 saturated heterocycles. The highest BCUT2D eigenvalue weighted by Gasteiger charge is 2.23. The van der Waals surface area contributed by atoms with Gasteiger partial charge in [-0.2, -0.15) is 4.98 Å². The number of hydrogen-bond donors (Lipinski definition) is 2. The third-order valence-corrected chi connectivity index (χ3v) is 6.95. The Hall–Kier alpha value is -2.56. The summed E-state index contributed by atoms with van der Waals surface area (Å²) in [6.07, 6.45) is 0.597. The molecule has 0 fully saturated rings. The summed E-state index contributed by atoms with van der Waals surface area (Å²) < 4.78 is 32.8. The fraction of sp³-hybridized carbons (Fsp3) is 0.316. The second-order valence-corrected chi connectivity index (χ2v) is 9.58. The maximum atomic E-state index is 12.7. The Labute approximate surface area is 173 Å². The van der Waals surface area contributed by atoms with E-state index < -0.39 is 15.9 Å². The molecule has 0 saturated carbocycles. The van der Waals surface area contributed by atoms with Gasteiger partial charge in [0.15, 0.2) is 0 Å². The van der Waals surface area contributed by atoms with Gasteiger partial charge >= 0.3 is 0 Å². The minimum absolute atomic E-state index is 0.0971. The van der Waals surface area contributed by atoms with Crippen LogP contribution < -0.4 is 10.0 Å². The average Bonchev–Trinajstić information content (AvgIpc) is 3.30. The Morgan fingerprint density at radius 3 is 2.66 bits per heavy atom. The summed E-state index contributed by atoms with van der Waals surface area (Å²) in [5.41, 5.74) is 2.56. The molecule has 2 heterocycles. The molecule has 154 valence electrons. The van der Waals surface area contributed by atoms with Crippen LogP contribution in [0.4, 0.5) is 5.69 Å². The number of benzene rings is 1. The molecule has 1 amide bonds. The molecule has 0 unspecified atom stereocenters. The highest BCUT2D eigenvalue weighted by molar-refractivity contribution is 7.89. The maximum absolute atomic E-state index is 12.7. The molecule has 0 spiro atoms. The number of anilines is 1. The van der Waals surface area contributed by atoms with Gasteiger partial charge in [-0.3, -0.25) is 4.79 Å². The first-order valence-corrected chi connectivity index (χ1v) is 11.3. The molecule has 1 aromatic carbocycles. The van der Waals surface area contributed by atoms with Gasteiger partial charge in [0, 0.05) is 17.0 Å². The predicted molar refractivity (Wildman–Crippen MR) is 111 cm³/mol. The summed E-state index contributed by atoms with van der Waals surface area (Å²) in [6.45, 7) is 7.00. The van der Waals surface area contributed by atoms with Crippen molar-refractivity contribution >= 4 is 33.0 Å². The van der Waals surface area contributed by atoms with Crippen molar-refractivity contribution < 1.29 is 17.7 Å². The summed E-state index contributed by atoms with van der Waals surface area (Å²) in [4.78, 5) is 17.7. The van der Waals surface area contributed by atoms with Gasteiger partial charge in [-0.1, -0.05) is 24.2 Å². The van der Waals surface area contributed by atoms with Crippen LogP contribution in [0.1, 0.15) is 28.8 Å². The summed E-state index contributed by atoms with van der Waals surface area (Å²) in [5.74, 6) is 0.391. The van der Waals surface area contributed by atoms with E-state index >= 15 is 0 Å².